The smallest absolute Gasteiger partial charge is 0.241 e. The highest BCUT2D eigenvalue weighted by Gasteiger charge is 2.27. The van der Waals surface area contributed by atoms with Crippen molar-refractivity contribution in [2.45, 2.75) is 33.7 Å². The van der Waals surface area contributed by atoms with E-state index >= 15 is 0 Å². The third kappa shape index (κ3) is 3.31. The summed E-state index contributed by atoms with van der Waals surface area (Å²) in [5.74, 6) is -0.181. The lowest BCUT2D eigenvalue weighted by Gasteiger charge is -2.25. The second kappa shape index (κ2) is 4.61. The molecule has 3 N–H and O–H groups in total. The van der Waals surface area contributed by atoms with Gasteiger partial charge in [-0.05, 0) is 24.0 Å². The Bertz CT molecular complexity index is 382. The van der Waals surface area contributed by atoms with Crippen LogP contribution < -0.4 is 11.1 Å². The minimum atomic E-state index is -0.534. The van der Waals surface area contributed by atoms with Gasteiger partial charge in [-0.2, -0.15) is 0 Å². The van der Waals surface area contributed by atoms with Crippen LogP contribution in [0.3, 0.4) is 0 Å². The fourth-order valence-corrected chi connectivity index (χ4v) is 1.24. The molecule has 0 bridgehead atoms. The first kappa shape index (κ1) is 12.6. The molecular weight excluding hydrogens is 202 g/mol. The molecule has 88 valence electrons. The van der Waals surface area contributed by atoms with Crippen molar-refractivity contribution in [3.05, 3.63) is 24.0 Å². The van der Waals surface area contributed by atoms with Gasteiger partial charge in [-0.3, -0.25) is 9.78 Å². The second-order valence-electron chi connectivity index (χ2n) is 5.08. The lowest BCUT2D eigenvalue weighted by atomic mass is 9.87. The zero-order chi connectivity index (χ0) is 12.3. The number of aromatic nitrogens is 1. The molecule has 1 amide bonds. The number of rotatable bonds is 2. The molecule has 4 nitrogen and oxygen atoms in total. The van der Waals surface area contributed by atoms with Crippen molar-refractivity contribution >= 4 is 11.6 Å². The van der Waals surface area contributed by atoms with Gasteiger partial charge in [0.1, 0.15) is 0 Å². The highest BCUT2D eigenvalue weighted by atomic mass is 16.2. The molecule has 1 heterocycles. The van der Waals surface area contributed by atoms with Crippen LogP contribution in [0.5, 0.6) is 0 Å². The normalized spacial score (nSPS) is 13.3. The van der Waals surface area contributed by atoms with Crippen LogP contribution in [0.1, 0.15) is 26.3 Å². The fourth-order valence-electron chi connectivity index (χ4n) is 1.24. The van der Waals surface area contributed by atoms with E-state index in [1.165, 1.54) is 0 Å². The Morgan fingerprint density at radius 3 is 2.56 bits per heavy atom. The highest BCUT2D eigenvalue weighted by molar-refractivity contribution is 5.95. The van der Waals surface area contributed by atoms with Crippen LogP contribution >= 0.6 is 0 Å². The van der Waals surface area contributed by atoms with Gasteiger partial charge in [0, 0.05) is 6.20 Å². The second-order valence-corrected chi connectivity index (χ2v) is 5.08. The molecule has 0 spiro atoms. The van der Waals surface area contributed by atoms with E-state index < -0.39 is 6.04 Å². The van der Waals surface area contributed by atoms with Crippen molar-refractivity contribution in [3.63, 3.8) is 0 Å². The number of nitrogens with two attached hydrogens (primary N) is 1. The van der Waals surface area contributed by atoms with Gasteiger partial charge in [-0.25, -0.2) is 0 Å². The molecule has 4 heteroatoms. The quantitative estimate of drug-likeness (QED) is 0.798. The maximum Gasteiger partial charge on any atom is 0.241 e. The lowest BCUT2D eigenvalue weighted by Crippen LogP contribution is -2.45. The maximum atomic E-state index is 11.8. The Labute approximate surface area is 96.3 Å². The van der Waals surface area contributed by atoms with E-state index in [-0.39, 0.29) is 11.3 Å². The molecule has 1 aromatic heterocycles. The Kier molecular flexibility index (Phi) is 3.65. The number of aryl methyl sites for hydroxylation is 1. The van der Waals surface area contributed by atoms with Crippen LogP contribution in [-0.2, 0) is 4.79 Å². The van der Waals surface area contributed by atoms with Gasteiger partial charge in [0.2, 0.25) is 5.91 Å². The van der Waals surface area contributed by atoms with Gasteiger partial charge in [-0.15, -0.1) is 0 Å². The van der Waals surface area contributed by atoms with Crippen molar-refractivity contribution in [2.75, 3.05) is 5.32 Å². The number of carbonyl (C=O) groups is 1. The molecule has 16 heavy (non-hydrogen) atoms. The fraction of sp³-hybridized carbons (Fsp3) is 0.500. The molecule has 0 aromatic carbocycles. The molecule has 1 rings (SSSR count). The number of nitrogens with zero attached hydrogens (tertiary/aromatic N) is 1. The molecule has 0 aliphatic carbocycles. The average Bonchev–Trinajstić information content (AvgIpc) is 2.15. The predicted octanol–water partition coefficient (Wildman–Crippen LogP) is 1.70. The Morgan fingerprint density at radius 1 is 1.44 bits per heavy atom. The molecule has 0 radical (unpaired) electrons. The minimum Gasteiger partial charge on any atom is -0.323 e. The standard InChI is InChI=1S/C12H19N3O/c1-8-5-9(7-14-6-8)15-11(16)10(13)12(2,3)4/h5-7,10H,13H2,1-4H3,(H,15,16)/t10-/m1/s1. The molecule has 1 atom stereocenters. The zero-order valence-electron chi connectivity index (χ0n) is 10.2. The van der Waals surface area contributed by atoms with Crippen molar-refractivity contribution in [1.29, 1.82) is 0 Å². The van der Waals surface area contributed by atoms with Gasteiger partial charge < -0.3 is 11.1 Å². The number of nitrogens with one attached hydrogen (secondary N) is 1. The number of hydrogen-bond acceptors (Lipinski definition) is 3. The van der Waals surface area contributed by atoms with Gasteiger partial charge in [0.05, 0.1) is 17.9 Å². The molecule has 0 saturated heterocycles. The summed E-state index contributed by atoms with van der Waals surface area (Å²) in [5.41, 5.74) is 7.29. The van der Waals surface area contributed by atoms with Gasteiger partial charge in [0.15, 0.2) is 0 Å². The summed E-state index contributed by atoms with van der Waals surface area (Å²) < 4.78 is 0. The minimum absolute atomic E-state index is 0.181. The molecule has 0 saturated carbocycles. The third-order valence-electron chi connectivity index (χ3n) is 2.36. The summed E-state index contributed by atoms with van der Waals surface area (Å²) >= 11 is 0. The number of hydrogen-bond donors (Lipinski definition) is 2. The summed E-state index contributed by atoms with van der Waals surface area (Å²) in [4.78, 5) is 15.8. The highest BCUT2D eigenvalue weighted by Crippen LogP contribution is 2.18. The van der Waals surface area contributed by atoms with E-state index in [1.807, 2.05) is 33.8 Å². The summed E-state index contributed by atoms with van der Waals surface area (Å²) in [6.07, 6.45) is 3.35. The molecule has 0 unspecified atom stereocenters. The van der Waals surface area contributed by atoms with E-state index in [4.69, 9.17) is 5.73 Å². The van der Waals surface area contributed by atoms with Crippen molar-refractivity contribution < 1.29 is 4.79 Å². The molecule has 1 aromatic rings. The van der Waals surface area contributed by atoms with E-state index in [0.29, 0.717) is 5.69 Å². The van der Waals surface area contributed by atoms with Gasteiger partial charge in [-0.1, -0.05) is 20.8 Å². The van der Waals surface area contributed by atoms with Crippen LogP contribution in [0.2, 0.25) is 0 Å². The number of anilines is 1. The maximum absolute atomic E-state index is 11.8. The number of carbonyl (C=O) groups excluding carboxylic acids is 1. The monoisotopic (exact) mass is 221 g/mol. The van der Waals surface area contributed by atoms with Gasteiger partial charge >= 0.3 is 0 Å². The Hall–Kier alpha value is -1.42. The third-order valence-corrected chi connectivity index (χ3v) is 2.36. The summed E-state index contributed by atoms with van der Waals surface area (Å²) in [5, 5.41) is 2.76. The largest absolute Gasteiger partial charge is 0.323 e. The van der Waals surface area contributed by atoms with E-state index in [2.05, 4.69) is 10.3 Å². The first-order valence-corrected chi connectivity index (χ1v) is 5.29. The van der Waals surface area contributed by atoms with E-state index in [9.17, 15) is 4.79 Å². The van der Waals surface area contributed by atoms with Crippen LogP contribution in [0, 0.1) is 12.3 Å². The Balaban J connectivity index is 2.72. The molecule has 0 aliphatic heterocycles. The van der Waals surface area contributed by atoms with Gasteiger partial charge in [0.25, 0.3) is 0 Å². The molecule has 0 fully saturated rings. The number of pyridine rings is 1. The topological polar surface area (TPSA) is 68.0 Å². The zero-order valence-corrected chi connectivity index (χ0v) is 10.2. The SMILES string of the molecule is Cc1cncc(NC(=O)[C@@H](N)C(C)(C)C)c1. The Morgan fingerprint density at radius 2 is 2.06 bits per heavy atom. The summed E-state index contributed by atoms with van der Waals surface area (Å²) in [7, 11) is 0. The van der Waals surface area contributed by atoms with Crippen molar-refractivity contribution in [3.8, 4) is 0 Å². The van der Waals surface area contributed by atoms with Crippen LogP contribution in [0.4, 0.5) is 5.69 Å². The molecular formula is C12H19N3O. The van der Waals surface area contributed by atoms with Crippen molar-refractivity contribution in [1.82, 2.24) is 4.98 Å². The van der Waals surface area contributed by atoms with E-state index in [1.54, 1.807) is 12.4 Å². The summed E-state index contributed by atoms with van der Waals surface area (Å²) in [6.45, 7) is 7.73. The molecule has 0 aliphatic rings. The lowest BCUT2D eigenvalue weighted by molar-refractivity contribution is -0.119. The first-order valence-electron chi connectivity index (χ1n) is 5.29. The summed E-state index contributed by atoms with van der Waals surface area (Å²) in [6, 6.07) is 1.33. The first-order chi connectivity index (χ1) is 7.30. The van der Waals surface area contributed by atoms with E-state index in [0.717, 1.165) is 5.56 Å². The van der Waals surface area contributed by atoms with Crippen LogP contribution in [0.25, 0.3) is 0 Å². The van der Waals surface area contributed by atoms with Crippen molar-refractivity contribution in [2.24, 2.45) is 11.1 Å². The average molecular weight is 221 g/mol. The van der Waals surface area contributed by atoms with Crippen LogP contribution in [-0.4, -0.2) is 16.9 Å². The number of amides is 1. The van der Waals surface area contributed by atoms with Crippen LogP contribution in [0.15, 0.2) is 18.5 Å². The predicted molar refractivity (Wildman–Crippen MR) is 65.0 cm³/mol.